The van der Waals surface area contributed by atoms with Crippen molar-refractivity contribution in [1.82, 2.24) is 14.1 Å². The smallest absolute Gasteiger partial charge is 0.269 e. The number of hydrogen-bond donors (Lipinski definition) is 0. The summed E-state index contributed by atoms with van der Waals surface area (Å²) in [7, 11) is -3.83. The van der Waals surface area contributed by atoms with E-state index >= 15 is 0 Å². The summed E-state index contributed by atoms with van der Waals surface area (Å²) in [6.07, 6.45) is 0.0189. The van der Waals surface area contributed by atoms with Gasteiger partial charge in [-0.3, -0.25) is 9.59 Å². The summed E-state index contributed by atoms with van der Waals surface area (Å²) in [6, 6.07) is 6.15. The van der Waals surface area contributed by atoms with Crippen molar-refractivity contribution >= 4 is 34.2 Å². The molecule has 1 aromatic carbocycles. The van der Waals surface area contributed by atoms with Gasteiger partial charge in [-0.05, 0) is 18.7 Å². The third-order valence-corrected chi connectivity index (χ3v) is 6.45. The molecular formula is C16H22ClN3O4S. The van der Waals surface area contributed by atoms with Crippen molar-refractivity contribution in [1.29, 1.82) is 0 Å². The first-order valence-electron chi connectivity index (χ1n) is 8.11. The van der Waals surface area contributed by atoms with Crippen LogP contribution in [-0.4, -0.2) is 73.6 Å². The molecule has 0 N–H and O–H groups in total. The van der Waals surface area contributed by atoms with Crippen LogP contribution in [-0.2, 0) is 14.8 Å². The summed E-state index contributed by atoms with van der Waals surface area (Å²) < 4.78 is 25.7. The molecule has 0 unspecified atom stereocenters. The van der Waals surface area contributed by atoms with Gasteiger partial charge in [0.1, 0.15) is 4.90 Å². The van der Waals surface area contributed by atoms with Crippen LogP contribution in [0.3, 0.4) is 0 Å². The van der Waals surface area contributed by atoms with Crippen LogP contribution in [0.2, 0.25) is 0 Å². The van der Waals surface area contributed by atoms with Gasteiger partial charge in [0.15, 0.2) is 0 Å². The molecular weight excluding hydrogens is 366 g/mol. The average molecular weight is 388 g/mol. The van der Waals surface area contributed by atoms with Crippen molar-refractivity contribution in [3.8, 4) is 0 Å². The molecule has 138 valence electrons. The Labute approximate surface area is 154 Å². The molecule has 2 amide bonds. The number of nitrogens with zero attached hydrogens (tertiary/aromatic N) is 3. The van der Waals surface area contributed by atoms with Crippen molar-refractivity contribution in [2.75, 3.05) is 39.3 Å². The average Bonchev–Trinajstić information content (AvgIpc) is 2.80. The van der Waals surface area contributed by atoms with Gasteiger partial charge in [-0.2, -0.15) is 0 Å². The largest absolute Gasteiger partial charge is 0.340 e. The van der Waals surface area contributed by atoms with Crippen molar-refractivity contribution < 1.29 is 18.0 Å². The SMILES string of the molecule is CCN1CCN(C(=O)CCN2C(=O)c3ccccc3S2(=O)=O)CC1.Cl. The fourth-order valence-electron chi connectivity index (χ4n) is 3.12. The van der Waals surface area contributed by atoms with Crippen LogP contribution in [0.25, 0.3) is 0 Å². The summed E-state index contributed by atoms with van der Waals surface area (Å²) in [6.45, 7) is 5.88. The zero-order valence-electron chi connectivity index (χ0n) is 14.1. The molecule has 2 heterocycles. The molecule has 3 rings (SSSR count). The molecule has 0 atom stereocenters. The Morgan fingerprint density at radius 3 is 2.36 bits per heavy atom. The summed E-state index contributed by atoms with van der Waals surface area (Å²) in [4.78, 5) is 28.6. The van der Waals surface area contributed by atoms with Crippen LogP contribution >= 0.6 is 12.4 Å². The lowest BCUT2D eigenvalue weighted by Crippen LogP contribution is -2.49. The quantitative estimate of drug-likeness (QED) is 0.763. The Bertz CT molecular complexity index is 760. The van der Waals surface area contributed by atoms with E-state index < -0.39 is 15.9 Å². The van der Waals surface area contributed by atoms with Gasteiger partial charge in [0.2, 0.25) is 5.91 Å². The van der Waals surface area contributed by atoms with E-state index in [0.29, 0.717) is 13.1 Å². The normalized spacial score (nSPS) is 19.5. The molecule has 0 aromatic heterocycles. The molecule has 2 aliphatic rings. The van der Waals surface area contributed by atoms with Crippen LogP contribution in [0.15, 0.2) is 29.2 Å². The highest BCUT2D eigenvalue weighted by atomic mass is 35.5. The van der Waals surface area contributed by atoms with E-state index in [4.69, 9.17) is 0 Å². The van der Waals surface area contributed by atoms with Crippen LogP contribution in [0.5, 0.6) is 0 Å². The van der Waals surface area contributed by atoms with Crippen molar-refractivity contribution in [3.05, 3.63) is 29.8 Å². The van der Waals surface area contributed by atoms with Crippen LogP contribution in [0.1, 0.15) is 23.7 Å². The zero-order chi connectivity index (χ0) is 17.3. The lowest BCUT2D eigenvalue weighted by molar-refractivity contribution is -0.132. The van der Waals surface area contributed by atoms with E-state index in [2.05, 4.69) is 11.8 Å². The van der Waals surface area contributed by atoms with E-state index in [9.17, 15) is 18.0 Å². The maximum Gasteiger partial charge on any atom is 0.269 e. The summed E-state index contributed by atoms with van der Waals surface area (Å²) >= 11 is 0. The molecule has 0 bridgehead atoms. The number of hydrogen-bond acceptors (Lipinski definition) is 5. The Hall–Kier alpha value is -1.64. The fraction of sp³-hybridized carbons (Fsp3) is 0.500. The number of likely N-dealkylation sites (N-methyl/N-ethyl adjacent to an activating group) is 1. The van der Waals surface area contributed by atoms with Gasteiger partial charge in [0.05, 0.1) is 5.56 Å². The molecule has 0 saturated carbocycles. The second kappa shape index (κ2) is 7.72. The monoisotopic (exact) mass is 387 g/mol. The highest BCUT2D eigenvalue weighted by Crippen LogP contribution is 2.29. The molecule has 0 radical (unpaired) electrons. The minimum absolute atomic E-state index is 0. The third kappa shape index (κ3) is 3.65. The van der Waals surface area contributed by atoms with E-state index in [0.717, 1.165) is 23.9 Å². The first-order valence-corrected chi connectivity index (χ1v) is 9.55. The summed E-state index contributed by atoms with van der Waals surface area (Å²) in [5.74, 6) is -0.654. The molecule has 1 fully saturated rings. The van der Waals surface area contributed by atoms with Gasteiger partial charge in [-0.1, -0.05) is 19.1 Å². The first-order chi connectivity index (χ1) is 11.4. The third-order valence-electron chi connectivity index (χ3n) is 4.61. The Balaban J connectivity index is 0.00000225. The van der Waals surface area contributed by atoms with Gasteiger partial charge in [0, 0.05) is 39.1 Å². The molecule has 0 spiro atoms. The maximum atomic E-state index is 12.4. The summed E-state index contributed by atoms with van der Waals surface area (Å²) in [5, 5.41) is 0. The lowest BCUT2D eigenvalue weighted by Gasteiger charge is -2.34. The van der Waals surface area contributed by atoms with Crippen LogP contribution in [0.4, 0.5) is 0 Å². The van der Waals surface area contributed by atoms with E-state index in [1.54, 1.807) is 17.0 Å². The second-order valence-corrected chi connectivity index (χ2v) is 7.77. The highest BCUT2D eigenvalue weighted by molar-refractivity contribution is 7.90. The molecule has 1 saturated heterocycles. The minimum Gasteiger partial charge on any atom is -0.340 e. The second-order valence-electron chi connectivity index (χ2n) is 5.94. The topological polar surface area (TPSA) is 78.0 Å². The zero-order valence-corrected chi connectivity index (χ0v) is 15.7. The highest BCUT2D eigenvalue weighted by Gasteiger charge is 2.40. The maximum absolute atomic E-state index is 12.4. The number of carbonyl (C=O) groups is 2. The van der Waals surface area contributed by atoms with Crippen molar-refractivity contribution in [2.24, 2.45) is 0 Å². The Morgan fingerprint density at radius 1 is 1.12 bits per heavy atom. The first kappa shape index (κ1) is 19.7. The van der Waals surface area contributed by atoms with Gasteiger partial charge < -0.3 is 9.80 Å². The van der Waals surface area contributed by atoms with Gasteiger partial charge in [0.25, 0.3) is 15.9 Å². The molecule has 0 aliphatic carbocycles. The van der Waals surface area contributed by atoms with Gasteiger partial charge >= 0.3 is 0 Å². The number of fused-ring (bicyclic) bond motifs is 1. The van der Waals surface area contributed by atoms with E-state index in [1.165, 1.54) is 12.1 Å². The molecule has 1 aromatic rings. The standard InChI is InChI=1S/C16H21N3O4S.ClH/c1-2-17-9-11-18(12-10-17)15(20)7-8-19-16(21)13-5-3-4-6-14(13)24(19,22)23;/h3-6H,2,7-12H2,1H3;1H. The van der Waals surface area contributed by atoms with Crippen molar-refractivity contribution in [3.63, 3.8) is 0 Å². The number of rotatable bonds is 4. The number of sulfonamides is 1. The molecule has 7 nitrogen and oxygen atoms in total. The number of carbonyl (C=O) groups excluding carboxylic acids is 2. The van der Waals surface area contributed by atoms with Crippen LogP contribution in [0, 0.1) is 0 Å². The minimum atomic E-state index is -3.83. The summed E-state index contributed by atoms with van der Waals surface area (Å²) in [5.41, 5.74) is 0.182. The van der Waals surface area contributed by atoms with Gasteiger partial charge in [-0.15, -0.1) is 12.4 Å². The predicted octanol–water partition coefficient (Wildman–Crippen LogP) is 0.807. The number of benzene rings is 1. The molecule has 25 heavy (non-hydrogen) atoms. The fourth-order valence-corrected chi connectivity index (χ4v) is 4.69. The predicted molar refractivity (Wildman–Crippen MR) is 95.2 cm³/mol. The van der Waals surface area contributed by atoms with Crippen LogP contribution < -0.4 is 0 Å². The van der Waals surface area contributed by atoms with E-state index in [-0.39, 0.29) is 41.7 Å². The molecule has 2 aliphatic heterocycles. The number of piperazine rings is 1. The number of amides is 2. The van der Waals surface area contributed by atoms with Gasteiger partial charge in [-0.25, -0.2) is 12.7 Å². The number of halogens is 1. The molecule has 9 heteroatoms. The lowest BCUT2D eigenvalue weighted by atomic mass is 10.2. The Morgan fingerprint density at radius 2 is 1.76 bits per heavy atom. The van der Waals surface area contributed by atoms with E-state index in [1.807, 2.05) is 0 Å². The van der Waals surface area contributed by atoms with Crippen molar-refractivity contribution in [2.45, 2.75) is 18.2 Å². The Kier molecular flexibility index (Phi) is 6.08.